The zero-order valence-electron chi connectivity index (χ0n) is 11.5. The van der Waals surface area contributed by atoms with Crippen molar-refractivity contribution in [1.82, 2.24) is 10.2 Å². The SMILES string of the molecule is O=C(O)[C@@H](O)CCNC(=O)N1CCOc2ccccc2C1. The van der Waals surface area contributed by atoms with Crippen LogP contribution in [0.15, 0.2) is 24.3 Å². The van der Waals surface area contributed by atoms with Crippen molar-refractivity contribution in [2.75, 3.05) is 19.7 Å². The Morgan fingerprint density at radius 1 is 1.38 bits per heavy atom. The van der Waals surface area contributed by atoms with Crippen molar-refractivity contribution in [1.29, 1.82) is 0 Å². The fourth-order valence-electron chi connectivity index (χ4n) is 2.05. The van der Waals surface area contributed by atoms with Crippen LogP contribution in [0.3, 0.4) is 0 Å². The number of aliphatic hydroxyl groups excluding tert-OH is 1. The van der Waals surface area contributed by atoms with Gasteiger partial charge in [-0.25, -0.2) is 9.59 Å². The Labute approximate surface area is 122 Å². The summed E-state index contributed by atoms with van der Waals surface area (Å²) < 4.78 is 5.56. The molecule has 1 atom stereocenters. The second kappa shape index (κ2) is 6.94. The summed E-state index contributed by atoms with van der Waals surface area (Å²) in [6, 6.07) is 7.22. The van der Waals surface area contributed by atoms with Crippen molar-refractivity contribution < 1.29 is 24.5 Å². The van der Waals surface area contributed by atoms with Crippen LogP contribution >= 0.6 is 0 Å². The summed E-state index contributed by atoms with van der Waals surface area (Å²) in [6.07, 6.45) is -1.49. The lowest BCUT2D eigenvalue weighted by molar-refractivity contribution is -0.146. The maximum absolute atomic E-state index is 12.0. The molecule has 1 heterocycles. The van der Waals surface area contributed by atoms with Gasteiger partial charge in [0.05, 0.1) is 13.1 Å². The third-order valence-corrected chi connectivity index (χ3v) is 3.22. The number of amides is 2. The smallest absolute Gasteiger partial charge is 0.332 e. The first kappa shape index (κ1) is 15.1. The van der Waals surface area contributed by atoms with Crippen LogP contribution in [0.4, 0.5) is 4.79 Å². The van der Waals surface area contributed by atoms with E-state index in [4.69, 9.17) is 14.9 Å². The molecule has 1 aromatic carbocycles. The molecule has 0 saturated carbocycles. The third-order valence-electron chi connectivity index (χ3n) is 3.22. The van der Waals surface area contributed by atoms with E-state index in [2.05, 4.69) is 5.32 Å². The Morgan fingerprint density at radius 2 is 2.14 bits per heavy atom. The Balaban J connectivity index is 1.87. The molecule has 0 aliphatic carbocycles. The van der Waals surface area contributed by atoms with E-state index < -0.39 is 12.1 Å². The lowest BCUT2D eigenvalue weighted by atomic mass is 10.2. The van der Waals surface area contributed by atoms with Gasteiger partial charge in [-0.05, 0) is 6.07 Å². The molecule has 7 nitrogen and oxygen atoms in total. The average Bonchev–Trinajstić information content (AvgIpc) is 2.69. The van der Waals surface area contributed by atoms with Crippen LogP contribution in [0.2, 0.25) is 0 Å². The van der Waals surface area contributed by atoms with Crippen molar-refractivity contribution in [3.05, 3.63) is 29.8 Å². The highest BCUT2D eigenvalue weighted by Gasteiger charge is 2.20. The first-order valence-corrected chi connectivity index (χ1v) is 6.72. The zero-order valence-corrected chi connectivity index (χ0v) is 11.5. The number of carbonyl (C=O) groups is 2. The summed E-state index contributed by atoms with van der Waals surface area (Å²) in [4.78, 5) is 24.1. The summed E-state index contributed by atoms with van der Waals surface area (Å²) in [5, 5.41) is 20.3. The predicted octanol–water partition coefficient (Wildman–Crippen LogP) is 0.426. The lowest BCUT2D eigenvalue weighted by Gasteiger charge is -2.20. The Morgan fingerprint density at radius 3 is 2.90 bits per heavy atom. The van der Waals surface area contributed by atoms with Gasteiger partial charge in [0.1, 0.15) is 12.4 Å². The van der Waals surface area contributed by atoms with Crippen LogP contribution in [0.1, 0.15) is 12.0 Å². The van der Waals surface area contributed by atoms with Gasteiger partial charge in [-0.1, -0.05) is 18.2 Å². The molecular weight excluding hydrogens is 276 g/mol. The molecule has 0 spiro atoms. The molecule has 21 heavy (non-hydrogen) atoms. The number of fused-ring (bicyclic) bond motifs is 1. The summed E-state index contributed by atoms with van der Waals surface area (Å²) in [6.45, 7) is 1.39. The van der Waals surface area contributed by atoms with Crippen molar-refractivity contribution in [3.8, 4) is 5.75 Å². The third kappa shape index (κ3) is 4.09. The van der Waals surface area contributed by atoms with Crippen molar-refractivity contribution in [2.24, 2.45) is 0 Å². The van der Waals surface area contributed by atoms with E-state index in [1.165, 1.54) is 0 Å². The molecule has 0 aromatic heterocycles. The molecule has 1 aliphatic rings. The first-order valence-electron chi connectivity index (χ1n) is 6.72. The van der Waals surface area contributed by atoms with Gasteiger partial charge in [-0.3, -0.25) is 0 Å². The number of benzene rings is 1. The monoisotopic (exact) mass is 294 g/mol. The van der Waals surface area contributed by atoms with Crippen LogP contribution in [0.5, 0.6) is 5.75 Å². The minimum atomic E-state index is -1.46. The molecule has 3 N–H and O–H groups in total. The number of carboxylic acid groups (broad SMARTS) is 1. The number of nitrogens with zero attached hydrogens (tertiary/aromatic N) is 1. The minimum Gasteiger partial charge on any atom is -0.491 e. The molecule has 1 aromatic rings. The average molecular weight is 294 g/mol. The second-order valence-corrected chi connectivity index (χ2v) is 4.75. The molecule has 2 rings (SSSR count). The van der Waals surface area contributed by atoms with Crippen LogP contribution in [-0.2, 0) is 11.3 Å². The lowest BCUT2D eigenvalue weighted by Crippen LogP contribution is -2.42. The molecule has 0 unspecified atom stereocenters. The summed E-state index contributed by atoms with van der Waals surface area (Å²) in [7, 11) is 0. The molecule has 0 radical (unpaired) electrons. The number of nitrogens with one attached hydrogen (secondary N) is 1. The number of carboxylic acids is 1. The minimum absolute atomic E-state index is 0.0258. The summed E-state index contributed by atoms with van der Waals surface area (Å²) in [5.41, 5.74) is 0.927. The topological polar surface area (TPSA) is 99.1 Å². The molecular formula is C14H18N2O5. The van der Waals surface area contributed by atoms with Crippen LogP contribution in [0, 0.1) is 0 Å². The van der Waals surface area contributed by atoms with E-state index in [0.29, 0.717) is 19.7 Å². The highest BCUT2D eigenvalue weighted by atomic mass is 16.5. The maximum Gasteiger partial charge on any atom is 0.332 e. The number of carbonyl (C=O) groups excluding carboxylic acids is 1. The number of aliphatic carboxylic acids is 1. The highest BCUT2D eigenvalue weighted by molar-refractivity contribution is 5.75. The molecule has 0 bridgehead atoms. The van der Waals surface area contributed by atoms with E-state index in [0.717, 1.165) is 11.3 Å². The van der Waals surface area contributed by atoms with Crippen molar-refractivity contribution in [3.63, 3.8) is 0 Å². The van der Waals surface area contributed by atoms with Crippen LogP contribution < -0.4 is 10.1 Å². The number of hydrogen-bond donors (Lipinski definition) is 3. The van der Waals surface area contributed by atoms with Crippen molar-refractivity contribution >= 4 is 12.0 Å². The van der Waals surface area contributed by atoms with Crippen molar-refractivity contribution in [2.45, 2.75) is 19.1 Å². The number of aliphatic hydroxyl groups is 1. The normalized spacial score (nSPS) is 15.4. The molecule has 0 fully saturated rings. The Bertz CT molecular complexity index is 520. The Kier molecular flexibility index (Phi) is 4.99. The molecule has 0 saturated heterocycles. The summed E-state index contributed by atoms with van der Waals surface area (Å²) >= 11 is 0. The maximum atomic E-state index is 12.0. The van der Waals surface area contributed by atoms with Gasteiger partial charge in [0.25, 0.3) is 0 Å². The standard InChI is InChI=1S/C14H18N2O5/c17-11(13(18)19)5-6-15-14(20)16-7-8-21-12-4-2-1-3-10(12)9-16/h1-4,11,17H,5-9H2,(H,15,20)(H,18,19)/t11-/m0/s1. The van der Waals surface area contributed by atoms with Gasteiger partial charge < -0.3 is 25.2 Å². The van der Waals surface area contributed by atoms with Gasteiger partial charge >= 0.3 is 12.0 Å². The van der Waals surface area contributed by atoms with E-state index in [-0.39, 0.29) is 19.0 Å². The van der Waals surface area contributed by atoms with E-state index in [1.807, 2.05) is 24.3 Å². The number of urea groups is 1. The first-order chi connectivity index (χ1) is 10.1. The molecule has 2 amide bonds. The summed E-state index contributed by atoms with van der Waals surface area (Å²) in [5.74, 6) is -0.518. The molecule has 1 aliphatic heterocycles. The number of para-hydroxylation sites is 1. The number of ether oxygens (including phenoxy) is 1. The molecule has 114 valence electrons. The predicted molar refractivity (Wildman–Crippen MR) is 74.0 cm³/mol. The largest absolute Gasteiger partial charge is 0.491 e. The zero-order chi connectivity index (χ0) is 15.2. The fraction of sp³-hybridized carbons (Fsp3) is 0.429. The van der Waals surface area contributed by atoms with Gasteiger partial charge in [0, 0.05) is 18.5 Å². The van der Waals surface area contributed by atoms with Gasteiger partial charge in [-0.2, -0.15) is 0 Å². The fourth-order valence-corrected chi connectivity index (χ4v) is 2.05. The number of rotatable bonds is 4. The van der Waals surface area contributed by atoms with E-state index in [1.54, 1.807) is 4.90 Å². The highest BCUT2D eigenvalue weighted by Crippen LogP contribution is 2.22. The molecule has 7 heteroatoms. The van der Waals surface area contributed by atoms with Crippen LogP contribution in [0.25, 0.3) is 0 Å². The second-order valence-electron chi connectivity index (χ2n) is 4.75. The van der Waals surface area contributed by atoms with Crippen LogP contribution in [-0.4, -0.2) is 52.9 Å². The van der Waals surface area contributed by atoms with Gasteiger partial charge in [0.15, 0.2) is 6.10 Å². The van der Waals surface area contributed by atoms with Gasteiger partial charge in [0.2, 0.25) is 0 Å². The quantitative estimate of drug-likeness (QED) is 0.747. The van der Waals surface area contributed by atoms with E-state index >= 15 is 0 Å². The van der Waals surface area contributed by atoms with Gasteiger partial charge in [-0.15, -0.1) is 0 Å². The number of hydrogen-bond acceptors (Lipinski definition) is 4. The Hall–Kier alpha value is -2.28. The van der Waals surface area contributed by atoms with E-state index in [9.17, 15) is 9.59 Å².